The van der Waals surface area contributed by atoms with Gasteiger partial charge in [-0.05, 0) is 44.4 Å². The number of amides is 3. The molecule has 59 heavy (non-hydrogen) atoms. The number of alkyl carbamates (subject to hydrolysis) is 1. The number of carbonyl (C=O) groups excluding carboxylic acids is 5. The van der Waals surface area contributed by atoms with E-state index in [1.807, 2.05) is 19.9 Å². The van der Waals surface area contributed by atoms with Gasteiger partial charge in [0.1, 0.15) is 40.5 Å². The molecule has 17 heteroatoms. The monoisotopic (exact) mass is 881 g/mol. The van der Waals surface area contributed by atoms with Gasteiger partial charge in [-0.3, -0.25) is 24.5 Å². The molecular weight excluding hydrogens is 822 g/mol. The van der Waals surface area contributed by atoms with Gasteiger partial charge in [-0.25, -0.2) is 4.79 Å². The molecule has 2 unspecified atom stereocenters. The maximum absolute atomic E-state index is 14.2. The van der Waals surface area contributed by atoms with Crippen LogP contribution in [0.15, 0.2) is 35.9 Å². The van der Waals surface area contributed by atoms with Crippen LogP contribution >= 0.6 is 33.2 Å². The van der Waals surface area contributed by atoms with Crippen LogP contribution in [0.25, 0.3) is 0 Å². The first-order chi connectivity index (χ1) is 27.8. The minimum absolute atomic E-state index is 0.0126. The average molecular weight is 883 g/mol. The number of Topliss-reactive ketones (excluding diaryl/α,β-unsaturated/α-hetero) is 1. The lowest BCUT2D eigenvalue weighted by atomic mass is 9.83. The summed E-state index contributed by atoms with van der Waals surface area (Å²) >= 11 is 6.79. The van der Waals surface area contributed by atoms with Crippen LogP contribution in [0.5, 0.6) is 5.75 Å². The molecular formula is C42H60ClN3O11S2. The molecule has 14 nitrogen and oxygen atoms in total. The number of esters is 1. The van der Waals surface area contributed by atoms with Crippen molar-refractivity contribution >= 4 is 68.5 Å². The highest BCUT2D eigenvalue weighted by atomic mass is 35.5. The number of carbonyl (C=O) groups is 5. The molecule has 3 heterocycles. The van der Waals surface area contributed by atoms with Crippen LogP contribution in [0.1, 0.15) is 79.2 Å². The molecule has 3 aliphatic heterocycles. The number of nitrogens with zero attached hydrogens (tertiary/aromatic N) is 1. The van der Waals surface area contributed by atoms with Crippen LogP contribution in [0.4, 0.5) is 10.5 Å². The third-order valence-electron chi connectivity index (χ3n) is 11.6. The molecule has 0 saturated carbocycles. The molecule has 3 aliphatic rings. The Labute approximate surface area is 360 Å². The van der Waals surface area contributed by atoms with E-state index in [2.05, 4.69) is 10.6 Å². The fraction of sp³-hybridized carbons (Fsp3) is 0.643. The lowest BCUT2D eigenvalue weighted by Gasteiger charge is -2.42. The first-order valence-electron chi connectivity index (χ1n) is 19.9. The van der Waals surface area contributed by atoms with Gasteiger partial charge in [-0.15, -0.1) is 0 Å². The molecule has 4 bridgehead atoms. The zero-order chi connectivity index (χ0) is 43.8. The quantitative estimate of drug-likeness (QED) is 0.0833. The Kier molecular flexibility index (Phi) is 17.2. The Morgan fingerprint density at radius 3 is 2.53 bits per heavy atom. The van der Waals surface area contributed by atoms with Gasteiger partial charge in [0.05, 0.1) is 31.2 Å². The van der Waals surface area contributed by atoms with E-state index in [1.54, 1.807) is 87.7 Å². The fourth-order valence-corrected chi connectivity index (χ4v) is 10.0. The normalized spacial score (nSPS) is 30.3. The summed E-state index contributed by atoms with van der Waals surface area (Å²) in [6.45, 7) is 10.8. The van der Waals surface area contributed by atoms with E-state index >= 15 is 0 Å². The smallest absolute Gasteiger partial charge is 0.409 e. The van der Waals surface area contributed by atoms with E-state index in [-0.39, 0.29) is 41.2 Å². The van der Waals surface area contributed by atoms with E-state index in [0.717, 1.165) is 11.1 Å². The molecule has 2 fully saturated rings. The molecule has 0 spiro atoms. The van der Waals surface area contributed by atoms with Gasteiger partial charge in [0.2, 0.25) is 11.8 Å². The molecule has 0 radical (unpaired) electrons. The summed E-state index contributed by atoms with van der Waals surface area (Å²) in [6, 6.07) is 3.59. The maximum Gasteiger partial charge on any atom is 0.409 e. The average Bonchev–Trinajstić information content (AvgIpc) is 3.90. The van der Waals surface area contributed by atoms with Gasteiger partial charge in [-0.1, -0.05) is 84.7 Å². The largest absolute Gasteiger partial charge is 0.495 e. The number of hydrogen-bond acceptors (Lipinski definition) is 13. The van der Waals surface area contributed by atoms with E-state index in [0.29, 0.717) is 36.5 Å². The van der Waals surface area contributed by atoms with E-state index in [9.17, 15) is 29.1 Å². The Hall–Kier alpha value is -3.28. The van der Waals surface area contributed by atoms with Crippen molar-refractivity contribution in [2.45, 2.75) is 121 Å². The Bertz CT molecular complexity index is 1780. The summed E-state index contributed by atoms with van der Waals surface area (Å²) in [5, 5.41) is 17.4. The predicted molar refractivity (Wildman–Crippen MR) is 229 cm³/mol. The number of benzene rings is 1. The van der Waals surface area contributed by atoms with Gasteiger partial charge in [0, 0.05) is 63.3 Å². The molecule has 328 valence electrons. The summed E-state index contributed by atoms with van der Waals surface area (Å²) in [5.74, 6) is -2.36. The van der Waals surface area contributed by atoms with Crippen LogP contribution in [-0.2, 0) is 44.5 Å². The number of halogens is 1. The van der Waals surface area contributed by atoms with Crippen LogP contribution in [0.3, 0.4) is 0 Å². The molecule has 0 aromatic heterocycles. The highest BCUT2D eigenvalue weighted by Crippen LogP contribution is 2.49. The Balaban J connectivity index is 1.61. The van der Waals surface area contributed by atoms with E-state index in [1.165, 1.54) is 19.1 Å². The van der Waals surface area contributed by atoms with Crippen molar-refractivity contribution < 1.29 is 52.8 Å². The summed E-state index contributed by atoms with van der Waals surface area (Å²) in [6.07, 6.45) is 2.30. The number of ether oxygens (including phenoxy) is 5. The van der Waals surface area contributed by atoms with Gasteiger partial charge in [0.15, 0.2) is 5.72 Å². The third kappa shape index (κ3) is 12.2. The molecule has 10 atom stereocenters. The number of nitrogens with one attached hydrogen (secondary N) is 2. The van der Waals surface area contributed by atoms with Crippen LogP contribution in [0, 0.1) is 17.8 Å². The number of anilines is 1. The van der Waals surface area contributed by atoms with Gasteiger partial charge in [0.25, 0.3) is 0 Å². The number of ketones is 1. The van der Waals surface area contributed by atoms with Crippen molar-refractivity contribution in [3.63, 3.8) is 0 Å². The molecule has 4 rings (SSSR count). The molecule has 3 amide bonds. The van der Waals surface area contributed by atoms with E-state index < -0.39 is 71.5 Å². The van der Waals surface area contributed by atoms with E-state index in [4.69, 9.17) is 35.3 Å². The molecule has 2 saturated heterocycles. The number of methoxy groups -OCH3 is 2. The highest BCUT2D eigenvalue weighted by molar-refractivity contribution is 8.76. The van der Waals surface area contributed by atoms with Crippen molar-refractivity contribution in [3.05, 3.63) is 46.5 Å². The molecule has 0 aliphatic carbocycles. The van der Waals surface area contributed by atoms with Crippen LogP contribution < -0.4 is 20.3 Å². The minimum atomic E-state index is -1.83. The first-order valence-corrected chi connectivity index (χ1v) is 22.6. The summed E-state index contributed by atoms with van der Waals surface area (Å²) in [5.41, 5.74) is -0.935. The lowest BCUT2D eigenvalue weighted by molar-refractivity contribution is -0.161. The number of fused-ring (bicyclic) bond motifs is 5. The maximum atomic E-state index is 14.2. The predicted octanol–water partition coefficient (Wildman–Crippen LogP) is 6.20. The van der Waals surface area contributed by atoms with Crippen molar-refractivity contribution in [1.82, 2.24) is 10.6 Å². The second-order valence-electron chi connectivity index (χ2n) is 16.0. The first kappa shape index (κ1) is 48.4. The second-order valence-corrected chi connectivity index (χ2v) is 19.3. The Morgan fingerprint density at radius 2 is 1.86 bits per heavy atom. The van der Waals surface area contributed by atoms with Gasteiger partial charge < -0.3 is 39.0 Å². The van der Waals surface area contributed by atoms with Gasteiger partial charge in [-0.2, -0.15) is 0 Å². The number of rotatable bonds is 14. The molecule has 1 aromatic carbocycles. The van der Waals surface area contributed by atoms with Crippen molar-refractivity contribution in [1.29, 1.82) is 0 Å². The lowest BCUT2D eigenvalue weighted by Crippen LogP contribution is -2.63. The summed E-state index contributed by atoms with van der Waals surface area (Å²) in [7, 11) is 9.28. The van der Waals surface area contributed by atoms with Crippen LogP contribution in [-0.4, -0.2) is 110 Å². The topological polar surface area (TPSA) is 182 Å². The van der Waals surface area contributed by atoms with Crippen LogP contribution in [0.2, 0.25) is 5.02 Å². The summed E-state index contributed by atoms with van der Waals surface area (Å²) < 4.78 is 29.4. The Morgan fingerprint density at radius 1 is 1.15 bits per heavy atom. The van der Waals surface area contributed by atoms with Crippen molar-refractivity contribution in [2.75, 3.05) is 39.0 Å². The minimum Gasteiger partial charge on any atom is -0.495 e. The number of hydrogen-bond donors (Lipinski definition) is 3. The number of aliphatic hydroxyl groups is 1. The standard InChI is InChI=1S/C42H60ClN3O11S2/c1-23-12-11-13-33(54-10)42(52)22-32(55-40(51)45-42)27(5)38-41(6,57-38)34(21-36(49)46(8)29-19-28(18-23)20-31(53-9)37(29)43)56-39(50)26(4)25(3)30(47)16-17-58-59-24(2)14-15-35(48)44-7/h11-13,19-20,24-27,32-34,38,52H,14-18,21-22H2,1-10H3,(H,44,48)(H,45,51)/b13-11+,23-12+/t24?,25?,26-,27+,32-,33+,34-,38-,41-,42-/m0/s1. The van der Waals surface area contributed by atoms with Crippen molar-refractivity contribution in [3.8, 4) is 5.75 Å². The third-order valence-corrected chi connectivity index (χ3v) is 14.9. The second kappa shape index (κ2) is 21.0. The molecule has 1 aromatic rings. The van der Waals surface area contributed by atoms with Gasteiger partial charge >= 0.3 is 12.1 Å². The zero-order valence-corrected chi connectivity index (χ0v) is 38.0. The number of epoxide rings is 1. The number of allylic oxidation sites excluding steroid dienone is 3. The van der Waals surface area contributed by atoms with Crippen molar-refractivity contribution in [2.24, 2.45) is 17.8 Å². The summed E-state index contributed by atoms with van der Waals surface area (Å²) in [4.78, 5) is 67.4. The molecule has 3 N–H and O–H groups in total. The highest BCUT2D eigenvalue weighted by Gasteiger charge is 2.64. The fourth-order valence-electron chi connectivity index (χ4n) is 7.38. The SMILES string of the molecule is CNC(=O)CCC(C)SSCCC(=O)C(C)[C@H](C)C(=O)O[C@H]1CC(=O)N(C)c2cc(cc(OC)c2Cl)C/C(C)=C/C=C/[C@@H](OC)[C@@]2(O)C[C@H](OC(=O)N2)[C@@H](C)[C@@H]2O[C@@]12C. The zero-order valence-electron chi connectivity index (χ0n) is 35.6.